The number of nitrogen functional groups attached to an aromatic ring is 1. The van der Waals surface area contributed by atoms with Crippen LogP contribution in [0, 0.1) is 0 Å². The molecule has 0 saturated heterocycles. The molecule has 18 heavy (non-hydrogen) atoms. The number of nitrogens with two attached hydrogens (primary N) is 1. The van der Waals surface area contributed by atoms with Crippen molar-refractivity contribution in [1.29, 1.82) is 0 Å². The van der Waals surface area contributed by atoms with Gasteiger partial charge in [0.1, 0.15) is 0 Å². The predicted octanol–water partition coefficient (Wildman–Crippen LogP) is 0.871. The van der Waals surface area contributed by atoms with E-state index < -0.39 is 10.2 Å². The van der Waals surface area contributed by atoms with Gasteiger partial charge >= 0.3 is 0 Å². The van der Waals surface area contributed by atoms with E-state index in [1.54, 1.807) is 0 Å². The summed E-state index contributed by atoms with van der Waals surface area (Å²) in [6.07, 6.45) is 1.46. The Kier molecular flexibility index (Phi) is 3.89. The molecule has 2 rings (SSSR count). The number of benzene rings is 1. The molecule has 0 spiro atoms. The first-order chi connectivity index (χ1) is 8.54. The highest BCUT2D eigenvalue weighted by molar-refractivity contribution is 7.87. The summed E-state index contributed by atoms with van der Waals surface area (Å²) in [5.74, 6) is 0. The third-order valence-electron chi connectivity index (χ3n) is 3.14. The molecule has 1 heterocycles. The van der Waals surface area contributed by atoms with Crippen LogP contribution in [0.2, 0.25) is 0 Å². The molecule has 0 aromatic heterocycles. The summed E-state index contributed by atoms with van der Waals surface area (Å²) in [6.45, 7) is 3.30. The molecule has 6 heteroatoms. The molecule has 0 saturated carbocycles. The van der Waals surface area contributed by atoms with Crippen LogP contribution in [0.1, 0.15) is 24.5 Å². The highest BCUT2D eigenvalue weighted by Gasteiger charge is 2.26. The summed E-state index contributed by atoms with van der Waals surface area (Å²) >= 11 is 0. The second-order valence-corrected chi connectivity index (χ2v) is 6.22. The zero-order chi connectivity index (χ0) is 13.2. The van der Waals surface area contributed by atoms with Gasteiger partial charge in [-0.25, -0.2) is 4.72 Å². The number of fused-ring (bicyclic) bond motifs is 1. The Morgan fingerprint density at radius 1 is 1.44 bits per heavy atom. The first kappa shape index (κ1) is 13.3. The van der Waals surface area contributed by atoms with E-state index in [4.69, 9.17) is 5.73 Å². The fraction of sp³-hybridized carbons (Fsp3) is 0.500. The molecule has 1 aliphatic rings. The van der Waals surface area contributed by atoms with Crippen LogP contribution in [0.5, 0.6) is 0 Å². The Morgan fingerprint density at radius 2 is 2.22 bits per heavy atom. The molecule has 3 N–H and O–H groups in total. The van der Waals surface area contributed by atoms with E-state index in [2.05, 4.69) is 4.72 Å². The average molecular weight is 269 g/mol. The molecule has 0 atom stereocenters. The van der Waals surface area contributed by atoms with Crippen molar-refractivity contribution < 1.29 is 8.42 Å². The number of nitrogens with zero attached hydrogens (tertiary/aromatic N) is 1. The maximum absolute atomic E-state index is 12.0. The van der Waals surface area contributed by atoms with Gasteiger partial charge in [0.25, 0.3) is 10.2 Å². The zero-order valence-corrected chi connectivity index (χ0v) is 11.3. The van der Waals surface area contributed by atoms with Gasteiger partial charge in [-0.15, -0.1) is 0 Å². The standard InChI is InChI=1S/C12H19N3O2S/c1-2-7-14-18(16,17)15-8-6-11-10(9-15)4-3-5-12(11)13/h3-5,14H,2,6-9,13H2,1H3. The largest absolute Gasteiger partial charge is 0.398 e. The fourth-order valence-corrected chi connectivity index (χ4v) is 3.43. The van der Waals surface area contributed by atoms with Gasteiger partial charge in [-0.3, -0.25) is 0 Å². The fourth-order valence-electron chi connectivity index (χ4n) is 2.14. The van der Waals surface area contributed by atoms with Crippen molar-refractivity contribution in [1.82, 2.24) is 9.03 Å². The summed E-state index contributed by atoms with van der Waals surface area (Å²) < 4.78 is 28.1. The maximum atomic E-state index is 12.0. The van der Waals surface area contributed by atoms with Crippen LogP contribution in [-0.4, -0.2) is 25.8 Å². The minimum atomic E-state index is -3.36. The van der Waals surface area contributed by atoms with Gasteiger partial charge in [-0.2, -0.15) is 12.7 Å². The smallest absolute Gasteiger partial charge is 0.279 e. The van der Waals surface area contributed by atoms with Gasteiger partial charge in [0.15, 0.2) is 0 Å². The summed E-state index contributed by atoms with van der Waals surface area (Å²) in [5.41, 5.74) is 8.73. The van der Waals surface area contributed by atoms with Crippen LogP contribution in [0.3, 0.4) is 0 Å². The lowest BCUT2D eigenvalue weighted by atomic mass is 9.99. The molecule has 0 unspecified atom stereocenters. The maximum Gasteiger partial charge on any atom is 0.279 e. The number of anilines is 1. The minimum absolute atomic E-state index is 0.402. The molecule has 1 aromatic rings. The minimum Gasteiger partial charge on any atom is -0.398 e. The van der Waals surface area contributed by atoms with Crippen molar-refractivity contribution in [2.75, 3.05) is 18.8 Å². The predicted molar refractivity (Wildman–Crippen MR) is 72.2 cm³/mol. The quantitative estimate of drug-likeness (QED) is 0.796. The Balaban J connectivity index is 2.17. The summed E-state index contributed by atoms with van der Waals surface area (Å²) in [7, 11) is -3.36. The second-order valence-electron chi connectivity index (χ2n) is 4.47. The number of rotatable bonds is 4. The molecular formula is C12H19N3O2S. The van der Waals surface area contributed by atoms with Gasteiger partial charge in [0.2, 0.25) is 0 Å². The Morgan fingerprint density at radius 3 is 2.94 bits per heavy atom. The van der Waals surface area contributed by atoms with E-state index >= 15 is 0 Å². The van der Waals surface area contributed by atoms with Crippen LogP contribution in [0.4, 0.5) is 5.69 Å². The van der Waals surface area contributed by atoms with Gasteiger partial charge < -0.3 is 5.73 Å². The summed E-state index contributed by atoms with van der Waals surface area (Å²) in [5, 5.41) is 0. The third-order valence-corrected chi connectivity index (χ3v) is 4.70. The molecule has 1 aromatic carbocycles. The van der Waals surface area contributed by atoms with Crippen molar-refractivity contribution in [3.05, 3.63) is 29.3 Å². The number of hydrogen-bond acceptors (Lipinski definition) is 3. The molecule has 0 bridgehead atoms. The van der Waals surface area contributed by atoms with E-state index in [0.29, 0.717) is 26.1 Å². The van der Waals surface area contributed by atoms with Gasteiger partial charge in [0.05, 0.1) is 0 Å². The molecule has 5 nitrogen and oxygen atoms in total. The first-order valence-corrected chi connectivity index (χ1v) is 7.59. The van der Waals surface area contributed by atoms with Crippen molar-refractivity contribution in [3.63, 3.8) is 0 Å². The van der Waals surface area contributed by atoms with E-state index in [0.717, 1.165) is 23.2 Å². The molecule has 0 amide bonds. The molecule has 100 valence electrons. The van der Waals surface area contributed by atoms with E-state index in [1.165, 1.54) is 4.31 Å². The van der Waals surface area contributed by atoms with Crippen molar-refractivity contribution in [3.8, 4) is 0 Å². The Labute approximate surface area is 108 Å². The highest BCUT2D eigenvalue weighted by Crippen LogP contribution is 2.25. The van der Waals surface area contributed by atoms with Crippen molar-refractivity contribution >= 4 is 15.9 Å². The first-order valence-electron chi connectivity index (χ1n) is 6.15. The Bertz CT molecular complexity index is 528. The lowest BCUT2D eigenvalue weighted by Gasteiger charge is -2.28. The van der Waals surface area contributed by atoms with Gasteiger partial charge in [-0.1, -0.05) is 19.1 Å². The summed E-state index contributed by atoms with van der Waals surface area (Å²) in [6, 6.07) is 5.66. The second kappa shape index (κ2) is 5.26. The highest BCUT2D eigenvalue weighted by atomic mass is 32.2. The molecule has 1 aliphatic heterocycles. The van der Waals surface area contributed by atoms with Gasteiger partial charge in [-0.05, 0) is 30.0 Å². The van der Waals surface area contributed by atoms with E-state index in [-0.39, 0.29) is 0 Å². The third kappa shape index (κ3) is 2.66. The van der Waals surface area contributed by atoms with Crippen LogP contribution in [-0.2, 0) is 23.2 Å². The monoisotopic (exact) mass is 269 g/mol. The normalized spacial score (nSPS) is 16.5. The van der Waals surface area contributed by atoms with E-state index in [1.807, 2.05) is 25.1 Å². The molecule has 0 fully saturated rings. The lowest BCUT2D eigenvalue weighted by Crippen LogP contribution is -2.43. The summed E-state index contributed by atoms with van der Waals surface area (Å²) in [4.78, 5) is 0. The lowest BCUT2D eigenvalue weighted by molar-refractivity contribution is 0.384. The SMILES string of the molecule is CCCNS(=O)(=O)N1CCc2c(N)cccc2C1. The average Bonchev–Trinajstić information content (AvgIpc) is 2.36. The van der Waals surface area contributed by atoms with Crippen LogP contribution < -0.4 is 10.5 Å². The van der Waals surface area contributed by atoms with Crippen LogP contribution in [0.25, 0.3) is 0 Å². The molecule has 0 radical (unpaired) electrons. The van der Waals surface area contributed by atoms with Crippen LogP contribution >= 0.6 is 0 Å². The Hall–Kier alpha value is -1.11. The number of nitrogens with one attached hydrogen (secondary N) is 1. The molecule has 0 aliphatic carbocycles. The topological polar surface area (TPSA) is 75.4 Å². The van der Waals surface area contributed by atoms with Crippen LogP contribution in [0.15, 0.2) is 18.2 Å². The molecular weight excluding hydrogens is 250 g/mol. The van der Waals surface area contributed by atoms with Gasteiger partial charge in [0, 0.05) is 25.3 Å². The number of hydrogen-bond donors (Lipinski definition) is 2. The van der Waals surface area contributed by atoms with Crippen molar-refractivity contribution in [2.24, 2.45) is 0 Å². The zero-order valence-electron chi connectivity index (χ0n) is 10.5. The van der Waals surface area contributed by atoms with E-state index in [9.17, 15) is 8.42 Å². The van der Waals surface area contributed by atoms with Crippen molar-refractivity contribution in [2.45, 2.75) is 26.3 Å².